The molecule has 1 amide bonds. The molecule has 0 unspecified atom stereocenters. The molecule has 0 radical (unpaired) electrons. The van der Waals surface area contributed by atoms with Gasteiger partial charge in [-0.1, -0.05) is 44.2 Å². The van der Waals surface area contributed by atoms with Crippen LogP contribution in [0.2, 0.25) is 0 Å². The number of carbonyl (C=O) groups is 2. The van der Waals surface area contributed by atoms with Gasteiger partial charge in [0, 0.05) is 12.1 Å². The summed E-state index contributed by atoms with van der Waals surface area (Å²) in [5.74, 6) is -0.865. The number of pyridine rings is 1. The summed E-state index contributed by atoms with van der Waals surface area (Å²) in [5.41, 5.74) is 1.51. The summed E-state index contributed by atoms with van der Waals surface area (Å²) < 4.78 is 0. The van der Waals surface area contributed by atoms with Crippen molar-refractivity contribution in [3.8, 4) is 0 Å². The number of amides is 1. The Labute approximate surface area is 129 Å². The molecule has 2 aromatic rings. The van der Waals surface area contributed by atoms with Crippen molar-refractivity contribution in [3.63, 3.8) is 0 Å². The highest BCUT2D eigenvalue weighted by molar-refractivity contribution is 6.26. The smallest absolute Gasteiger partial charge is 0.259 e. The van der Waals surface area contributed by atoms with E-state index in [1.54, 1.807) is 38.3 Å². The van der Waals surface area contributed by atoms with Crippen molar-refractivity contribution >= 4 is 23.5 Å². The Kier molecular flexibility index (Phi) is 5.20. The van der Waals surface area contributed by atoms with E-state index >= 15 is 0 Å². The number of aromatic nitrogens is 1. The molecule has 0 aliphatic heterocycles. The second-order valence-electron chi connectivity index (χ2n) is 5.18. The predicted octanol–water partition coefficient (Wildman–Crippen LogP) is 3.33. The number of nitrogens with one attached hydrogen (secondary N) is 1. The summed E-state index contributed by atoms with van der Waals surface area (Å²) in [6, 6.07) is 12.8. The van der Waals surface area contributed by atoms with Crippen LogP contribution in [0.3, 0.4) is 0 Å². The van der Waals surface area contributed by atoms with E-state index in [0.717, 1.165) is 5.56 Å². The van der Waals surface area contributed by atoms with Gasteiger partial charge in [-0.05, 0) is 23.8 Å². The molecule has 4 heteroatoms. The second kappa shape index (κ2) is 7.31. The summed E-state index contributed by atoms with van der Waals surface area (Å²) in [4.78, 5) is 28.7. The predicted molar refractivity (Wildman–Crippen MR) is 87.1 cm³/mol. The number of ketones is 1. The maximum absolute atomic E-state index is 12.4. The number of rotatable bonds is 5. The number of nitrogens with zero attached hydrogens (tertiary/aromatic N) is 1. The van der Waals surface area contributed by atoms with Crippen LogP contribution in [-0.2, 0) is 9.59 Å². The third kappa shape index (κ3) is 4.12. The number of hydrogen-bond donors (Lipinski definition) is 1. The highest BCUT2D eigenvalue weighted by Crippen LogP contribution is 2.15. The molecule has 22 heavy (non-hydrogen) atoms. The zero-order chi connectivity index (χ0) is 15.9. The van der Waals surface area contributed by atoms with Crippen molar-refractivity contribution in [3.05, 3.63) is 66.0 Å². The van der Waals surface area contributed by atoms with Gasteiger partial charge in [0.25, 0.3) is 5.91 Å². The lowest BCUT2D eigenvalue weighted by atomic mass is 9.98. The van der Waals surface area contributed by atoms with Gasteiger partial charge in [-0.2, -0.15) is 0 Å². The van der Waals surface area contributed by atoms with Crippen molar-refractivity contribution in [1.82, 2.24) is 4.98 Å². The van der Waals surface area contributed by atoms with Crippen LogP contribution in [0.1, 0.15) is 19.4 Å². The van der Waals surface area contributed by atoms with Gasteiger partial charge in [-0.25, -0.2) is 0 Å². The van der Waals surface area contributed by atoms with Gasteiger partial charge in [0.05, 0.1) is 17.5 Å². The van der Waals surface area contributed by atoms with Crippen LogP contribution in [0.15, 0.2) is 60.4 Å². The molecule has 4 nitrogen and oxygen atoms in total. The molecular formula is C18H18N2O2. The molecular weight excluding hydrogens is 276 g/mol. The van der Waals surface area contributed by atoms with E-state index in [1.807, 2.05) is 30.3 Å². The van der Waals surface area contributed by atoms with E-state index in [9.17, 15) is 9.59 Å². The van der Waals surface area contributed by atoms with Crippen LogP contribution >= 0.6 is 0 Å². The first-order chi connectivity index (χ1) is 10.6. The Bertz CT molecular complexity index is 677. The molecule has 0 bridgehead atoms. The van der Waals surface area contributed by atoms with Gasteiger partial charge in [0.15, 0.2) is 5.78 Å². The van der Waals surface area contributed by atoms with Crippen molar-refractivity contribution in [2.45, 2.75) is 13.8 Å². The largest absolute Gasteiger partial charge is 0.320 e. The third-order valence-electron chi connectivity index (χ3n) is 3.06. The van der Waals surface area contributed by atoms with E-state index in [-0.39, 0.29) is 17.3 Å². The van der Waals surface area contributed by atoms with Crippen LogP contribution in [0.25, 0.3) is 6.08 Å². The van der Waals surface area contributed by atoms with E-state index in [4.69, 9.17) is 0 Å². The molecule has 2 rings (SSSR count). The normalized spacial score (nSPS) is 11.3. The standard InChI is InChI=1S/C18H18N2O2/c1-13(2)17(21)16(11-14-7-4-3-5-8-14)18(22)20-15-9-6-10-19-12-15/h3-13H,1-2H3,(H,20,22). The van der Waals surface area contributed by atoms with Crippen molar-refractivity contribution in [2.75, 3.05) is 5.32 Å². The fourth-order valence-electron chi connectivity index (χ4n) is 1.91. The SMILES string of the molecule is CC(C)C(=O)C(=Cc1ccccc1)C(=O)Nc1cccnc1. The highest BCUT2D eigenvalue weighted by atomic mass is 16.2. The molecule has 0 fully saturated rings. The Balaban J connectivity index is 2.30. The average Bonchev–Trinajstić information content (AvgIpc) is 2.53. The third-order valence-corrected chi connectivity index (χ3v) is 3.06. The minimum absolute atomic E-state index is 0.144. The Morgan fingerprint density at radius 1 is 1.09 bits per heavy atom. The van der Waals surface area contributed by atoms with Gasteiger partial charge < -0.3 is 5.32 Å². The fraction of sp³-hybridized carbons (Fsp3) is 0.167. The number of anilines is 1. The van der Waals surface area contributed by atoms with Crippen molar-refractivity contribution in [1.29, 1.82) is 0 Å². The summed E-state index contributed by atoms with van der Waals surface area (Å²) >= 11 is 0. The van der Waals surface area contributed by atoms with Gasteiger partial charge >= 0.3 is 0 Å². The van der Waals surface area contributed by atoms with Crippen LogP contribution < -0.4 is 5.32 Å². The summed E-state index contributed by atoms with van der Waals surface area (Å²) in [6.45, 7) is 3.55. The molecule has 112 valence electrons. The quantitative estimate of drug-likeness (QED) is 0.523. The van der Waals surface area contributed by atoms with E-state index in [1.165, 1.54) is 6.20 Å². The number of carbonyl (C=O) groups excluding carboxylic acids is 2. The molecule has 0 spiro atoms. The summed E-state index contributed by atoms with van der Waals surface area (Å²) in [7, 11) is 0. The summed E-state index contributed by atoms with van der Waals surface area (Å²) in [6.07, 6.45) is 4.78. The Morgan fingerprint density at radius 3 is 2.41 bits per heavy atom. The maximum Gasteiger partial charge on any atom is 0.259 e. The monoisotopic (exact) mass is 294 g/mol. The lowest BCUT2D eigenvalue weighted by Crippen LogP contribution is -2.23. The van der Waals surface area contributed by atoms with Crippen LogP contribution in [-0.4, -0.2) is 16.7 Å². The van der Waals surface area contributed by atoms with E-state index in [0.29, 0.717) is 5.69 Å². The molecule has 0 aliphatic carbocycles. The molecule has 0 saturated carbocycles. The van der Waals surface area contributed by atoms with E-state index < -0.39 is 5.91 Å². The highest BCUT2D eigenvalue weighted by Gasteiger charge is 2.21. The Hall–Kier alpha value is -2.75. The van der Waals surface area contributed by atoms with Crippen molar-refractivity contribution in [2.24, 2.45) is 5.92 Å². The van der Waals surface area contributed by atoms with Crippen LogP contribution in [0.4, 0.5) is 5.69 Å². The first kappa shape index (κ1) is 15.6. The van der Waals surface area contributed by atoms with Gasteiger partial charge in [0.2, 0.25) is 0 Å². The molecule has 1 N–H and O–H groups in total. The number of benzene rings is 1. The fourth-order valence-corrected chi connectivity index (χ4v) is 1.91. The molecule has 1 heterocycles. The summed E-state index contributed by atoms with van der Waals surface area (Å²) in [5, 5.41) is 2.71. The lowest BCUT2D eigenvalue weighted by molar-refractivity contribution is -0.121. The minimum atomic E-state index is -0.421. The van der Waals surface area contributed by atoms with Gasteiger partial charge in [-0.3, -0.25) is 14.6 Å². The molecule has 0 aliphatic rings. The first-order valence-electron chi connectivity index (χ1n) is 7.10. The van der Waals surface area contributed by atoms with Gasteiger partial charge in [0.1, 0.15) is 0 Å². The van der Waals surface area contributed by atoms with E-state index in [2.05, 4.69) is 10.3 Å². The topological polar surface area (TPSA) is 59.1 Å². The van der Waals surface area contributed by atoms with Gasteiger partial charge in [-0.15, -0.1) is 0 Å². The average molecular weight is 294 g/mol. The number of Topliss-reactive ketones (excluding diaryl/α,β-unsaturated/α-hetero) is 1. The van der Waals surface area contributed by atoms with Crippen LogP contribution in [0.5, 0.6) is 0 Å². The van der Waals surface area contributed by atoms with Crippen molar-refractivity contribution < 1.29 is 9.59 Å². The zero-order valence-electron chi connectivity index (χ0n) is 12.6. The minimum Gasteiger partial charge on any atom is -0.320 e. The molecule has 1 aromatic carbocycles. The molecule has 0 atom stereocenters. The maximum atomic E-state index is 12.4. The molecule has 0 saturated heterocycles. The second-order valence-corrected chi connectivity index (χ2v) is 5.18. The first-order valence-corrected chi connectivity index (χ1v) is 7.10. The Morgan fingerprint density at radius 2 is 1.82 bits per heavy atom. The molecule has 1 aromatic heterocycles. The zero-order valence-corrected chi connectivity index (χ0v) is 12.6. The van der Waals surface area contributed by atoms with Crippen LogP contribution in [0, 0.1) is 5.92 Å². The lowest BCUT2D eigenvalue weighted by Gasteiger charge is -2.10. The number of hydrogen-bond acceptors (Lipinski definition) is 3.